The molecule has 1 amide bonds. The minimum Gasteiger partial charge on any atom is -0.353 e. The van der Waals surface area contributed by atoms with Gasteiger partial charge in [0.25, 0.3) is 0 Å². The van der Waals surface area contributed by atoms with E-state index < -0.39 is 0 Å². The van der Waals surface area contributed by atoms with Gasteiger partial charge in [0.05, 0.1) is 0 Å². The van der Waals surface area contributed by atoms with Gasteiger partial charge in [-0.3, -0.25) is 4.79 Å². The molecule has 0 aromatic rings. The van der Waals surface area contributed by atoms with Crippen molar-refractivity contribution in [3.63, 3.8) is 0 Å². The van der Waals surface area contributed by atoms with Crippen LogP contribution < -0.4 is 11.1 Å². The molecule has 5 unspecified atom stereocenters. The Labute approximate surface area is 110 Å². The number of nitrogens with two attached hydrogens (primary N) is 1. The first-order chi connectivity index (χ1) is 8.38. The number of hydrogen-bond acceptors (Lipinski definition) is 2. The molecule has 102 valence electrons. The maximum Gasteiger partial charge on any atom is 0.221 e. The molecule has 3 aliphatic carbocycles. The summed E-state index contributed by atoms with van der Waals surface area (Å²) >= 11 is 0. The highest BCUT2D eigenvalue weighted by Crippen LogP contribution is 2.65. The van der Waals surface area contributed by atoms with Crippen LogP contribution in [0.15, 0.2) is 0 Å². The van der Waals surface area contributed by atoms with Crippen molar-refractivity contribution in [3.8, 4) is 0 Å². The van der Waals surface area contributed by atoms with E-state index in [2.05, 4.69) is 26.1 Å². The molecule has 0 radical (unpaired) electrons. The Morgan fingerprint density at radius 3 is 2.33 bits per heavy atom. The SMILES string of the molecule is CC(C)(C)C(N)CC(=O)NC1C2C3CCC(C3)C12. The molecule has 3 saturated carbocycles. The number of fused-ring (bicyclic) bond motifs is 5. The van der Waals surface area contributed by atoms with Crippen LogP contribution in [0.5, 0.6) is 0 Å². The standard InChI is InChI=1S/C15H26N2O/c1-15(2,3)10(16)7-11(18)17-14-12-8-4-5-9(6-8)13(12)14/h8-10,12-14H,4-7,16H2,1-3H3,(H,17,18). The molecule has 3 N–H and O–H groups in total. The Morgan fingerprint density at radius 1 is 1.28 bits per heavy atom. The van der Waals surface area contributed by atoms with Crippen molar-refractivity contribution < 1.29 is 4.79 Å². The van der Waals surface area contributed by atoms with Crippen molar-refractivity contribution in [2.24, 2.45) is 34.8 Å². The number of carbonyl (C=O) groups excluding carboxylic acids is 1. The molecule has 0 saturated heterocycles. The van der Waals surface area contributed by atoms with Crippen LogP contribution in [0.3, 0.4) is 0 Å². The molecule has 3 heteroatoms. The van der Waals surface area contributed by atoms with Crippen LogP contribution in [0.25, 0.3) is 0 Å². The first kappa shape index (κ1) is 12.5. The van der Waals surface area contributed by atoms with Crippen molar-refractivity contribution in [2.45, 2.75) is 58.5 Å². The maximum absolute atomic E-state index is 12.0. The molecule has 0 aromatic heterocycles. The summed E-state index contributed by atoms with van der Waals surface area (Å²) in [5.41, 5.74) is 6.08. The smallest absolute Gasteiger partial charge is 0.221 e. The van der Waals surface area contributed by atoms with Crippen molar-refractivity contribution in [1.82, 2.24) is 5.32 Å². The lowest BCUT2D eigenvalue weighted by molar-refractivity contribution is -0.122. The number of hydrogen-bond donors (Lipinski definition) is 2. The van der Waals surface area contributed by atoms with Gasteiger partial charge in [-0.1, -0.05) is 20.8 Å². The Morgan fingerprint density at radius 2 is 1.83 bits per heavy atom. The minimum atomic E-state index is -0.0483. The summed E-state index contributed by atoms with van der Waals surface area (Å²) in [5.74, 6) is 3.64. The Hall–Kier alpha value is -0.570. The summed E-state index contributed by atoms with van der Waals surface area (Å²) in [6.45, 7) is 6.28. The molecule has 3 fully saturated rings. The molecule has 0 aliphatic heterocycles. The van der Waals surface area contributed by atoms with Crippen LogP contribution in [0.2, 0.25) is 0 Å². The van der Waals surface area contributed by atoms with Crippen molar-refractivity contribution >= 4 is 5.91 Å². The summed E-state index contributed by atoms with van der Waals surface area (Å²) in [6, 6.07) is 0.448. The van der Waals surface area contributed by atoms with E-state index in [1.54, 1.807) is 0 Å². The van der Waals surface area contributed by atoms with Crippen molar-refractivity contribution in [3.05, 3.63) is 0 Å². The third kappa shape index (κ3) is 1.97. The summed E-state index contributed by atoms with van der Waals surface area (Å²) < 4.78 is 0. The Kier molecular flexibility index (Phi) is 2.74. The lowest BCUT2D eigenvalue weighted by atomic mass is 9.85. The van der Waals surface area contributed by atoms with Gasteiger partial charge in [-0.15, -0.1) is 0 Å². The fraction of sp³-hybridized carbons (Fsp3) is 0.933. The second-order valence-corrected chi connectivity index (χ2v) is 7.76. The molecule has 0 spiro atoms. The first-order valence-electron chi connectivity index (χ1n) is 7.43. The molecule has 0 heterocycles. The van der Waals surface area contributed by atoms with Gasteiger partial charge in [0.15, 0.2) is 0 Å². The average molecular weight is 250 g/mol. The second kappa shape index (κ2) is 3.96. The van der Waals surface area contributed by atoms with Gasteiger partial charge in [0.2, 0.25) is 5.91 Å². The van der Waals surface area contributed by atoms with Crippen LogP contribution in [0.4, 0.5) is 0 Å². The van der Waals surface area contributed by atoms with Gasteiger partial charge in [0, 0.05) is 18.5 Å². The Bertz CT molecular complexity index is 344. The van der Waals surface area contributed by atoms with Gasteiger partial charge >= 0.3 is 0 Å². The second-order valence-electron chi connectivity index (χ2n) is 7.76. The topological polar surface area (TPSA) is 55.1 Å². The molecule has 3 nitrogen and oxygen atoms in total. The van der Waals surface area contributed by atoms with Crippen molar-refractivity contribution in [1.29, 1.82) is 0 Å². The third-order valence-corrected chi connectivity index (χ3v) is 5.58. The van der Waals surface area contributed by atoms with Gasteiger partial charge in [0.1, 0.15) is 0 Å². The summed E-state index contributed by atoms with van der Waals surface area (Å²) in [4.78, 5) is 12.0. The number of rotatable bonds is 3. The van der Waals surface area contributed by atoms with Gasteiger partial charge < -0.3 is 11.1 Å². The van der Waals surface area contributed by atoms with Crippen LogP contribution in [0, 0.1) is 29.1 Å². The van der Waals surface area contributed by atoms with E-state index in [0.29, 0.717) is 12.5 Å². The highest BCUT2D eigenvalue weighted by atomic mass is 16.1. The van der Waals surface area contributed by atoms with E-state index >= 15 is 0 Å². The quantitative estimate of drug-likeness (QED) is 0.804. The zero-order valence-electron chi connectivity index (χ0n) is 11.8. The zero-order valence-corrected chi connectivity index (χ0v) is 11.8. The predicted molar refractivity (Wildman–Crippen MR) is 71.8 cm³/mol. The molecule has 2 bridgehead atoms. The zero-order chi connectivity index (χ0) is 13.1. The van der Waals surface area contributed by atoms with Crippen LogP contribution in [-0.4, -0.2) is 18.0 Å². The largest absolute Gasteiger partial charge is 0.353 e. The molecule has 18 heavy (non-hydrogen) atoms. The molecule has 3 aliphatic rings. The fourth-order valence-electron chi connectivity index (χ4n) is 4.27. The molecule has 5 atom stereocenters. The van der Waals surface area contributed by atoms with E-state index in [1.165, 1.54) is 19.3 Å². The molecule has 0 aromatic carbocycles. The maximum atomic E-state index is 12.0. The fourth-order valence-corrected chi connectivity index (χ4v) is 4.27. The Balaban J connectivity index is 1.49. The molecule has 3 rings (SSSR count). The van der Waals surface area contributed by atoms with E-state index in [4.69, 9.17) is 5.73 Å². The van der Waals surface area contributed by atoms with Gasteiger partial charge in [-0.2, -0.15) is 0 Å². The average Bonchev–Trinajstić information content (AvgIpc) is 2.69. The monoisotopic (exact) mass is 250 g/mol. The van der Waals surface area contributed by atoms with Crippen LogP contribution >= 0.6 is 0 Å². The summed E-state index contributed by atoms with van der Waals surface area (Å²) in [7, 11) is 0. The van der Waals surface area contributed by atoms with E-state index in [0.717, 1.165) is 23.7 Å². The van der Waals surface area contributed by atoms with Crippen LogP contribution in [-0.2, 0) is 4.79 Å². The highest BCUT2D eigenvalue weighted by Gasteiger charge is 2.65. The highest BCUT2D eigenvalue weighted by molar-refractivity contribution is 5.77. The lowest BCUT2D eigenvalue weighted by Crippen LogP contribution is -2.41. The minimum absolute atomic E-state index is 0.00971. The molecular weight excluding hydrogens is 224 g/mol. The van der Waals surface area contributed by atoms with Gasteiger partial charge in [-0.05, 0) is 48.3 Å². The van der Waals surface area contributed by atoms with E-state index in [9.17, 15) is 4.79 Å². The number of amides is 1. The summed E-state index contributed by atoms with van der Waals surface area (Å²) in [6.07, 6.45) is 4.71. The summed E-state index contributed by atoms with van der Waals surface area (Å²) in [5, 5.41) is 3.24. The first-order valence-corrected chi connectivity index (χ1v) is 7.43. The van der Waals surface area contributed by atoms with E-state index in [1.807, 2.05) is 0 Å². The predicted octanol–water partition coefficient (Wildman–Crippen LogP) is 1.91. The number of nitrogens with one attached hydrogen (secondary N) is 1. The van der Waals surface area contributed by atoms with E-state index in [-0.39, 0.29) is 17.4 Å². The van der Waals surface area contributed by atoms with Crippen LogP contribution in [0.1, 0.15) is 46.5 Å². The number of carbonyl (C=O) groups is 1. The normalized spacial score (nSPS) is 42.6. The third-order valence-electron chi connectivity index (χ3n) is 5.58. The molecular formula is C15H26N2O. The lowest BCUT2D eigenvalue weighted by Gasteiger charge is -2.26. The van der Waals surface area contributed by atoms with Crippen molar-refractivity contribution in [2.75, 3.05) is 0 Å². The van der Waals surface area contributed by atoms with Gasteiger partial charge in [-0.25, -0.2) is 0 Å².